The molecule has 1 N–H and O–H groups in total. The number of carbonyl (C=O) groups is 1. The van der Waals surface area contributed by atoms with Crippen LogP contribution in [0.25, 0.3) is 0 Å². The van der Waals surface area contributed by atoms with Crippen LogP contribution in [0.3, 0.4) is 0 Å². The first-order valence-electron chi connectivity index (χ1n) is 10.0. The Kier molecular flexibility index (Phi) is 7.98. The summed E-state index contributed by atoms with van der Waals surface area (Å²) in [6.07, 6.45) is 3.19. The molecule has 160 valence electrons. The quantitative estimate of drug-likeness (QED) is 0.240. The summed E-state index contributed by atoms with van der Waals surface area (Å²) in [4.78, 5) is 16.2. The van der Waals surface area contributed by atoms with E-state index >= 15 is 0 Å². The molecule has 3 aromatic rings. The second kappa shape index (κ2) is 10.7. The summed E-state index contributed by atoms with van der Waals surface area (Å²) in [5.41, 5.74) is 1.22. The molecule has 0 radical (unpaired) electrons. The number of nitrogens with one attached hydrogen (secondary N) is 1. The molecule has 2 atom stereocenters. The van der Waals surface area contributed by atoms with E-state index in [4.69, 9.17) is 4.74 Å². The van der Waals surface area contributed by atoms with Crippen molar-refractivity contribution < 1.29 is 30.7 Å². The monoisotopic (exact) mass is 519 g/mol. The fraction of sp³-hybridized carbons (Fsp3) is 0.348. The van der Waals surface area contributed by atoms with Crippen LogP contribution in [0.4, 0.5) is 0 Å². The van der Waals surface area contributed by atoms with E-state index in [1.54, 1.807) is 7.05 Å². The molecule has 0 saturated carbocycles. The zero-order valence-electron chi connectivity index (χ0n) is 17.6. The first-order chi connectivity index (χ1) is 14.6. The first-order valence-corrected chi connectivity index (χ1v) is 12.2. The van der Waals surface area contributed by atoms with Crippen LogP contribution in [0.2, 0.25) is 0 Å². The number of nitrogens with zero attached hydrogens (tertiary/aromatic N) is 3. The number of rotatable bonds is 10. The normalized spacial score (nSPS) is 14.2. The average molecular weight is 519 g/mol. The molecule has 0 aliphatic rings. The molecule has 0 saturated heterocycles. The molecule has 1 amide bonds. The Morgan fingerprint density at radius 2 is 1.83 bits per heavy atom. The van der Waals surface area contributed by atoms with Crippen LogP contribution in [-0.2, 0) is 15.4 Å². The van der Waals surface area contributed by atoms with E-state index in [9.17, 15) is 4.79 Å². The van der Waals surface area contributed by atoms with Gasteiger partial charge in [-0.2, -0.15) is 0 Å². The van der Waals surface area contributed by atoms with Crippen molar-refractivity contribution in [2.45, 2.75) is 23.4 Å². The molecule has 6 nitrogen and oxygen atoms in total. The van der Waals surface area contributed by atoms with Gasteiger partial charge in [0.1, 0.15) is 0 Å². The Bertz CT molecular complexity index is 933. The van der Waals surface area contributed by atoms with Crippen molar-refractivity contribution in [3.63, 3.8) is 0 Å². The van der Waals surface area contributed by atoms with Gasteiger partial charge in [-0.3, -0.25) is 0 Å². The van der Waals surface area contributed by atoms with E-state index < -0.39 is 21.2 Å². The van der Waals surface area contributed by atoms with Crippen molar-refractivity contribution in [2.24, 2.45) is 13.0 Å². The maximum atomic E-state index is 12.2. The molecule has 0 fully saturated rings. The predicted molar refractivity (Wildman–Crippen MR) is 112 cm³/mol. The van der Waals surface area contributed by atoms with Gasteiger partial charge in [-0.1, -0.05) is 0 Å². The summed E-state index contributed by atoms with van der Waals surface area (Å²) in [6, 6.07) is 21.1. The average Bonchev–Trinajstić information content (AvgIpc) is 3.22. The van der Waals surface area contributed by atoms with Crippen LogP contribution in [0.15, 0.2) is 67.0 Å². The molecular formula is C23H28IN4O2-. The molecule has 0 aliphatic carbocycles. The summed E-state index contributed by atoms with van der Waals surface area (Å²) in [5, 5.41) is 6.89. The third-order valence-corrected chi connectivity index (χ3v) is 9.36. The fourth-order valence-electron chi connectivity index (χ4n) is 3.47. The molecule has 0 aliphatic heterocycles. The van der Waals surface area contributed by atoms with Crippen LogP contribution in [0, 0.1) is 9.49 Å². The van der Waals surface area contributed by atoms with Gasteiger partial charge in [0.2, 0.25) is 0 Å². The summed E-state index contributed by atoms with van der Waals surface area (Å²) < 4.78 is 8.79. The van der Waals surface area contributed by atoms with Crippen LogP contribution in [0.1, 0.15) is 35.9 Å². The Morgan fingerprint density at radius 1 is 1.17 bits per heavy atom. The summed E-state index contributed by atoms with van der Waals surface area (Å²) in [6.45, 7) is 2.85. The van der Waals surface area contributed by atoms with Crippen molar-refractivity contribution in [1.29, 1.82) is 0 Å². The number of alkyl halides is 1. The van der Waals surface area contributed by atoms with Crippen LogP contribution in [0.5, 0.6) is 0 Å². The van der Waals surface area contributed by atoms with E-state index in [2.05, 4.69) is 70.9 Å². The number of hydrogen-bond acceptors (Lipinski definition) is 4. The molecule has 1 heterocycles. The Hall–Kier alpha value is -2.26. The fourth-order valence-corrected chi connectivity index (χ4v) is 6.91. The van der Waals surface area contributed by atoms with Gasteiger partial charge < -0.3 is 0 Å². The second-order valence-corrected chi connectivity index (χ2v) is 10.5. The second-order valence-electron chi connectivity index (χ2n) is 7.11. The number of methoxy groups -OCH3 is 1. The maximum absolute atomic E-state index is 12.2. The molecular weight excluding hydrogens is 491 g/mol. The van der Waals surface area contributed by atoms with E-state index in [0.717, 1.165) is 12.8 Å². The third-order valence-electron chi connectivity index (χ3n) is 5.09. The van der Waals surface area contributed by atoms with Gasteiger partial charge in [0.05, 0.1) is 0 Å². The Morgan fingerprint density at radius 3 is 2.43 bits per heavy atom. The molecule has 1 unspecified atom stereocenters. The number of halogens is 1. The number of carbonyl (C=O) groups excluding carboxylic acids is 1. The van der Waals surface area contributed by atoms with Gasteiger partial charge in [0, 0.05) is 0 Å². The van der Waals surface area contributed by atoms with Gasteiger partial charge in [-0.25, -0.2) is 0 Å². The van der Waals surface area contributed by atoms with Crippen molar-refractivity contribution in [1.82, 2.24) is 20.1 Å². The van der Waals surface area contributed by atoms with Crippen LogP contribution < -0.4 is 26.5 Å². The topological polar surface area (TPSA) is 69.0 Å². The van der Waals surface area contributed by atoms with Crippen molar-refractivity contribution >= 4 is 5.91 Å². The number of hydrogen-bond donors (Lipinski definition) is 1. The zero-order chi connectivity index (χ0) is 21.4. The van der Waals surface area contributed by atoms with Gasteiger partial charge in [-0.05, 0) is 0 Å². The minimum atomic E-state index is -0.446. The molecule has 7 heteroatoms. The SMILES string of the molecule is COC([I-]c1ccccc1)(c1ccccc1)[C@@H](C)CCCNC(=O)c1ncnn1C. The standard InChI is InChI=1S/C23H28IN4O2/c1-18(11-10-16-25-22(29)21-26-17-27-28(21)2)23(30-3,19-12-6-4-7-13-19)24-20-14-8-5-9-15-20/h4-9,12-15,17-18H,10-11,16H2,1-3H3,(H,25,29)/q-1/t18-,23?/m0/s1. The molecule has 0 spiro atoms. The van der Waals surface area contributed by atoms with Crippen LogP contribution >= 0.6 is 0 Å². The molecule has 2 aromatic carbocycles. The Balaban J connectivity index is 1.68. The number of aromatic nitrogens is 3. The molecule has 3 rings (SSSR count). The van der Waals surface area contributed by atoms with Crippen molar-refractivity contribution in [2.75, 3.05) is 13.7 Å². The number of ether oxygens (including phenoxy) is 1. The summed E-state index contributed by atoms with van der Waals surface area (Å²) in [7, 11) is 3.53. The van der Waals surface area contributed by atoms with E-state index in [0.29, 0.717) is 18.3 Å². The Labute approximate surface area is 188 Å². The van der Waals surface area contributed by atoms with E-state index in [1.807, 2.05) is 19.2 Å². The third kappa shape index (κ3) is 5.26. The molecule has 30 heavy (non-hydrogen) atoms. The number of amides is 1. The van der Waals surface area contributed by atoms with Gasteiger partial charge in [0.15, 0.2) is 0 Å². The van der Waals surface area contributed by atoms with Gasteiger partial charge in [0.25, 0.3) is 0 Å². The van der Waals surface area contributed by atoms with Gasteiger partial charge in [-0.15, -0.1) is 0 Å². The summed E-state index contributed by atoms with van der Waals surface area (Å²) in [5.74, 6) is 0.429. The van der Waals surface area contributed by atoms with Crippen LogP contribution in [-0.4, -0.2) is 34.3 Å². The predicted octanol–water partition coefficient (Wildman–Crippen LogP) is 0.419. The summed E-state index contributed by atoms with van der Waals surface area (Å²) >= 11 is -0.446. The zero-order valence-corrected chi connectivity index (χ0v) is 19.7. The van der Waals surface area contributed by atoms with E-state index in [1.165, 1.54) is 20.1 Å². The number of benzene rings is 2. The first kappa shape index (κ1) is 22.4. The molecule has 1 aromatic heterocycles. The van der Waals surface area contributed by atoms with Crippen molar-refractivity contribution in [3.05, 3.63) is 81.9 Å². The molecule has 0 bridgehead atoms. The minimum absolute atomic E-state index is 0.194. The van der Waals surface area contributed by atoms with E-state index in [-0.39, 0.29) is 9.51 Å². The van der Waals surface area contributed by atoms with Crippen molar-refractivity contribution in [3.8, 4) is 0 Å². The van der Waals surface area contributed by atoms with Gasteiger partial charge >= 0.3 is 189 Å². The number of aryl methyl sites for hydroxylation is 1.